The standard InChI is InChI=1S/C20H22ClN3O7S/c1-2-30-19-15(4-3-7-22-19)20(26)31-13-18(25)23-14-5-6-16(21)17(12-14)32(27,28)24-8-10-29-11-9-24/h3-7,12H,2,8-11,13H2,1H3,(H,23,25). The first-order valence-corrected chi connectivity index (χ1v) is 11.6. The molecule has 1 aromatic carbocycles. The van der Waals surface area contributed by atoms with Crippen molar-refractivity contribution in [3.05, 3.63) is 47.1 Å². The van der Waals surface area contributed by atoms with E-state index in [0.29, 0.717) is 19.8 Å². The molecule has 0 spiro atoms. The number of benzene rings is 1. The number of ether oxygens (including phenoxy) is 3. The second-order valence-electron chi connectivity index (χ2n) is 6.58. The number of esters is 1. The lowest BCUT2D eigenvalue weighted by atomic mass is 10.3. The lowest BCUT2D eigenvalue weighted by Crippen LogP contribution is -2.40. The molecule has 3 rings (SSSR count). The van der Waals surface area contributed by atoms with Gasteiger partial charge in [-0.25, -0.2) is 18.2 Å². The maximum absolute atomic E-state index is 12.9. The third kappa shape index (κ3) is 5.74. The summed E-state index contributed by atoms with van der Waals surface area (Å²) in [5.41, 5.74) is 0.284. The maximum Gasteiger partial charge on any atom is 0.344 e. The molecule has 1 fully saturated rings. The van der Waals surface area contributed by atoms with Crippen molar-refractivity contribution in [1.82, 2.24) is 9.29 Å². The Balaban J connectivity index is 1.66. The van der Waals surface area contributed by atoms with Gasteiger partial charge in [0, 0.05) is 25.0 Å². The number of carbonyl (C=O) groups is 2. The minimum atomic E-state index is -3.86. The molecular weight excluding hydrogens is 462 g/mol. The summed E-state index contributed by atoms with van der Waals surface area (Å²) in [5.74, 6) is -1.32. The summed E-state index contributed by atoms with van der Waals surface area (Å²) in [6, 6.07) is 7.11. The fourth-order valence-electron chi connectivity index (χ4n) is 2.91. The van der Waals surface area contributed by atoms with Gasteiger partial charge in [0.25, 0.3) is 5.91 Å². The molecular formula is C20H22ClN3O7S. The molecule has 12 heteroatoms. The lowest BCUT2D eigenvalue weighted by Gasteiger charge is -2.26. The molecule has 0 radical (unpaired) electrons. The van der Waals surface area contributed by atoms with Gasteiger partial charge in [-0.3, -0.25) is 4.79 Å². The zero-order chi connectivity index (χ0) is 23.1. The van der Waals surface area contributed by atoms with Gasteiger partial charge in [0.15, 0.2) is 6.61 Å². The van der Waals surface area contributed by atoms with E-state index in [9.17, 15) is 18.0 Å². The number of hydrogen-bond donors (Lipinski definition) is 1. The van der Waals surface area contributed by atoms with Gasteiger partial charge in [-0.05, 0) is 37.3 Å². The fourth-order valence-corrected chi connectivity index (χ4v) is 4.82. The summed E-state index contributed by atoms with van der Waals surface area (Å²) in [6.45, 7) is 2.47. The second-order valence-corrected chi connectivity index (χ2v) is 8.89. The smallest absolute Gasteiger partial charge is 0.344 e. The molecule has 1 aliphatic heterocycles. The van der Waals surface area contributed by atoms with Crippen molar-refractivity contribution in [1.29, 1.82) is 0 Å². The first-order chi connectivity index (χ1) is 15.3. The number of pyridine rings is 1. The zero-order valence-corrected chi connectivity index (χ0v) is 18.8. The number of aromatic nitrogens is 1. The molecule has 0 saturated carbocycles. The topological polar surface area (TPSA) is 124 Å². The highest BCUT2D eigenvalue weighted by Gasteiger charge is 2.28. The Morgan fingerprint density at radius 1 is 1.25 bits per heavy atom. The van der Waals surface area contributed by atoms with Crippen LogP contribution in [0.25, 0.3) is 0 Å². The third-order valence-electron chi connectivity index (χ3n) is 4.41. The molecule has 172 valence electrons. The molecule has 1 N–H and O–H groups in total. The van der Waals surface area contributed by atoms with Crippen molar-refractivity contribution in [2.75, 3.05) is 44.8 Å². The van der Waals surface area contributed by atoms with Gasteiger partial charge in [-0.15, -0.1) is 0 Å². The van der Waals surface area contributed by atoms with Crippen molar-refractivity contribution in [2.24, 2.45) is 0 Å². The van der Waals surface area contributed by atoms with Crippen LogP contribution in [0.5, 0.6) is 5.88 Å². The Hall–Kier alpha value is -2.73. The van der Waals surface area contributed by atoms with Gasteiger partial charge in [0.1, 0.15) is 10.5 Å². The van der Waals surface area contributed by atoms with Crippen LogP contribution in [-0.2, 0) is 24.3 Å². The van der Waals surface area contributed by atoms with Crippen LogP contribution in [0.15, 0.2) is 41.4 Å². The van der Waals surface area contributed by atoms with Crippen LogP contribution >= 0.6 is 11.6 Å². The predicted molar refractivity (Wildman–Crippen MR) is 115 cm³/mol. The summed E-state index contributed by atoms with van der Waals surface area (Å²) in [6.07, 6.45) is 1.47. The van der Waals surface area contributed by atoms with E-state index in [1.807, 2.05) is 0 Å². The van der Waals surface area contributed by atoms with E-state index in [-0.39, 0.29) is 40.1 Å². The molecule has 1 saturated heterocycles. The van der Waals surface area contributed by atoms with Gasteiger partial charge in [-0.1, -0.05) is 11.6 Å². The Morgan fingerprint density at radius 2 is 2.00 bits per heavy atom. The molecule has 2 heterocycles. The highest BCUT2D eigenvalue weighted by molar-refractivity contribution is 7.89. The summed E-state index contributed by atoms with van der Waals surface area (Å²) in [5, 5.41) is 2.53. The highest BCUT2D eigenvalue weighted by atomic mass is 35.5. The Bertz CT molecular complexity index is 1090. The number of nitrogens with zero attached hydrogens (tertiary/aromatic N) is 2. The van der Waals surface area contributed by atoms with Crippen molar-refractivity contribution in [2.45, 2.75) is 11.8 Å². The lowest BCUT2D eigenvalue weighted by molar-refractivity contribution is -0.119. The minimum Gasteiger partial charge on any atom is -0.477 e. The molecule has 2 aromatic rings. The molecule has 1 aromatic heterocycles. The van der Waals surface area contributed by atoms with E-state index in [1.54, 1.807) is 13.0 Å². The minimum absolute atomic E-state index is 0.0287. The number of rotatable bonds is 8. The molecule has 10 nitrogen and oxygen atoms in total. The molecule has 1 aliphatic rings. The van der Waals surface area contributed by atoms with Crippen molar-refractivity contribution in [3.8, 4) is 5.88 Å². The van der Waals surface area contributed by atoms with Gasteiger partial charge in [-0.2, -0.15) is 4.31 Å². The SMILES string of the molecule is CCOc1ncccc1C(=O)OCC(=O)Nc1ccc(Cl)c(S(=O)(=O)N2CCOCC2)c1. The monoisotopic (exact) mass is 483 g/mol. The number of morpholine rings is 1. The molecule has 0 aliphatic carbocycles. The zero-order valence-electron chi connectivity index (χ0n) is 17.2. The van der Waals surface area contributed by atoms with E-state index >= 15 is 0 Å². The Kier molecular flexibility index (Phi) is 8.02. The molecule has 32 heavy (non-hydrogen) atoms. The van der Waals surface area contributed by atoms with E-state index in [2.05, 4.69) is 10.3 Å². The second kappa shape index (κ2) is 10.7. The molecule has 0 atom stereocenters. The molecule has 0 bridgehead atoms. The average molecular weight is 484 g/mol. The normalized spacial score (nSPS) is 14.6. The van der Waals surface area contributed by atoms with Crippen LogP contribution < -0.4 is 10.1 Å². The van der Waals surface area contributed by atoms with Crippen molar-refractivity contribution in [3.63, 3.8) is 0 Å². The van der Waals surface area contributed by atoms with E-state index in [0.717, 1.165) is 0 Å². The van der Waals surface area contributed by atoms with Crippen molar-refractivity contribution < 1.29 is 32.2 Å². The van der Waals surface area contributed by atoms with Crippen molar-refractivity contribution >= 4 is 39.2 Å². The van der Waals surface area contributed by atoms with E-state index < -0.39 is 28.5 Å². The number of hydrogen-bond acceptors (Lipinski definition) is 8. The number of carbonyl (C=O) groups excluding carboxylic acids is 2. The summed E-state index contributed by atoms with van der Waals surface area (Å²) >= 11 is 6.11. The number of halogens is 1. The van der Waals surface area contributed by atoms with Crippen LogP contribution in [0, 0.1) is 0 Å². The molecule has 0 unspecified atom stereocenters. The quantitative estimate of drug-likeness (QED) is 0.565. The predicted octanol–water partition coefficient (Wildman–Crippen LogP) is 1.95. The van der Waals surface area contributed by atoms with E-state index in [1.165, 1.54) is 34.8 Å². The third-order valence-corrected chi connectivity index (χ3v) is 6.79. The summed E-state index contributed by atoms with van der Waals surface area (Å²) < 4.78 is 42.5. The number of anilines is 1. The molecule has 1 amide bonds. The van der Waals surface area contributed by atoms with E-state index in [4.69, 9.17) is 25.8 Å². The first kappa shape index (κ1) is 23.9. The van der Waals surface area contributed by atoms with Crippen LogP contribution in [0.4, 0.5) is 5.69 Å². The number of nitrogens with one attached hydrogen (secondary N) is 1. The number of sulfonamides is 1. The Morgan fingerprint density at radius 3 is 2.72 bits per heavy atom. The van der Waals surface area contributed by atoms with Crippen LogP contribution in [0.2, 0.25) is 5.02 Å². The largest absolute Gasteiger partial charge is 0.477 e. The van der Waals surface area contributed by atoms with Crippen LogP contribution in [-0.4, -0.2) is 69.1 Å². The van der Waals surface area contributed by atoms with Gasteiger partial charge in [0.2, 0.25) is 15.9 Å². The first-order valence-electron chi connectivity index (χ1n) is 9.75. The van der Waals surface area contributed by atoms with Crippen LogP contribution in [0.1, 0.15) is 17.3 Å². The summed E-state index contributed by atoms with van der Waals surface area (Å²) in [7, 11) is -3.86. The van der Waals surface area contributed by atoms with Gasteiger partial charge in [0.05, 0.1) is 24.8 Å². The van der Waals surface area contributed by atoms with Gasteiger partial charge >= 0.3 is 5.97 Å². The fraction of sp³-hybridized carbons (Fsp3) is 0.350. The number of amides is 1. The highest BCUT2D eigenvalue weighted by Crippen LogP contribution is 2.28. The summed E-state index contributed by atoms with van der Waals surface area (Å²) in [4.78, 5) is 28.4. The van der Waals surface area contributed by atoms with Crippen LogP contribution in [0.3, 0.4) is 0 Å². The average Bonchev–Trinajstić information content (AvgIpc) is 2.80. The Labute approximate surface area is 190 Å². The van der Waals surface area contributed by atoms with Gasteiger partial charge < -0.3 is 19.5 Å². The maximum atomic E-state index is 12.9.